The minimum atomic E-state index is 0.158. The van der Waals surface area contributed by atoms with Gasteiger partial charge in [0.05, 0.1) is 0 Å². The molecule has 0 radical (unpaired) electrons. The Morgan fingerprint density at radius 3 is 2.19 bits per heavy atom. The Kier molecular flexibility index (Phi) is 11.7. The fourth-order valence-corrected chi connectivity index (χ4v) is 1.69. The van der Waals surface area contributed by atoms with E-state index in [1.54, 1.807) is 6.08 Å². The van der Waals surface area contributed by atoms with E-state index >= 15 is 0 Å². The van der Waals surface area contributed by atoms with Gasteiger partial charge in [-0.15, -0.1) is 6.58 Å². The van der Waals surface area contributed by atoms with Crippen LogP contribution in [0.2, 0.25) is 0 Å². The van der Waals surface area contributed by atoms with Crippen LogP contribution in [0.15, 0.2) is 12.7 Å². The summed E-state index contributed by atoms with van der Waals surface area (Å²) in [6.07, 6.45) is 12.6. The topological polar surface area (TPSA) is 29.1 Å². The molecule has 94 valence electrons. The quantitative estimate of drug-likeness (QED) is 0.420. The predicted molar refractivity (Wildman–Crippen MR) is 70.4 cm³/mol. The first-order chi connectivity index (χ1) is 7.81. The molecule has 0 atom stereocenters. The summed E-state index contributed by atoms with van der Waals surface area (Å²) in [5.74, 6) is 0.158. The van der Waals surface area contributed by atoms with E-state index in [0.29, 0.717) is 13.0 Å². The summed E-state index contributed by atoms with van der Waals surface area (Å²) in [5, 5.41) is 2.79. The van der Waals surface area contributed by atoms with Gasteiger partial charge in [-0.05, 0) is 6.42 Å². The van der Waals surface area contributed by atoms with Gasteiger partial charge in [0.15, 0.2) is 0 Å². The number of nitrogens with one attached hydrogen (secondary N) is 1. The van der Waals surface area contributed by atoms with Crippen molar-refractivity contribution in [1.29, 1.82) is 0 Å². The highest BCUT2D eigenvalue weighted by Gasteiger charge is 1.98. The van der Waals surface area contributed by atoms with Crippen molar-refractivity contribution in [3.8, 4) is 0 Å². The Balaban J connectivity index is 3.08. The first kappa shape index (κ1) is 15.2. The molecule has 0 saturated heterocycles. The molecule has 0 aliphatic heterocycles. The maximum atomic E-state index is 11.2. The van der Waals surface area contributed by atoms with Crippen molar-refractivity contribution in [1.82, 2.24) is 5.32 Å². The number of rotatable bonds is 11. The molecule has 0 heterocycles. The lowest BCUT2D eigenvalue weighted by Crippen LogP contribution is -2.22. The molecule has 0 aromatic heterocycles. The highest BCUT2D eigenvalue weighted by atomic mass is 16.1. The Hall–Kier alpha value is -0.790. The van der Waals surface area contributed by atoms with Gasteiger partial charge in [0.25, 0.3) is 0 Å². The van der Waals surface area contributed by atoms with Gasteiger partial charge in [-0.1, -0.05) is 57.9 Å². The van der Waals surface area contributed by atoms with Crippen molar-refractivity contribution in [3.63, 3.8) is 0 Å². The average molecular weight is 225 g/mol. The fourth-order valence-electron chi connectivity index (χ4n) is 1.69. The Morgan fingerprint density at radius 2 is 1.62 bits per heavy atom. The summed E-state index contributed by atoms with van der Waals surface area (Å²) in [6, 6.07) is 0. The number of unbranched alkanes of at least 4 members (excludes halogenated alkanes) is 7. The number of hydrogen-bond donors (Lipinski definition) is 1. The lowest BCUT2D eigenvalue weighted by atomic mass is 10.1. The van der Waals surface area contributed by atoms with Gasteiger partial charge in [0.1, 0.15) is 0 Å². The monoisotopic (exact) mass is 225 g/mol. The fraction of sp³-hybridized carbons (Fsp3) is 0.786. The summed E-state index contributed by atoms with van der Waals surface area (Å²) in [4.78, 5) is 11.2. The molecule has 0 aliphatic carbocycles. The smallest absolute Gasteiger partial charge is 0.220 e. The Morgan fingerprint density at radius 1 is 1.06 bits per heavy atom. The molecule has 0 fully saturated rings. The van der Waals surface area contributed by atoms with Gasteiger partial charge >= 0.3 is 0 Å². The molecule has 16 heavy (non-hydrogen) atoms. The van der Waals surface area contributed by atoms with E-state index in [1.165, 1.54) is 44.9 Å². The zero-order valence-corrected chi connectivity index (χ0v) is 10.8. The highest BCUT2D eigenvalue weighted by Crippen LogP contribution is 2.09. The van der Waals surface area contributed by atoms with Crippen LogP contribution in [0.25, 0.3) is 0 Å². The van der Waals surface area contributed by atoms with Crippen molar-refractivity contribution >= 4 is 5.91 Å². The van der Waals surface area contributed by atoms with Crippen molar-refractivity contribution in [2.75, 3.05) is 6.54 Å². The summed E-state index contributed by atoms with van der Waals surface area (Å²) < 4.78 is 0. The number of amides is 1. The summed E-state index contributed by atoms with van der Waals surface area (Å²) in [5.41, 5.74) is 0. The lowest BCUT2D eigenvalue weighted by molar-refractivity contribution is -0.121. The summed E-state index contributed by atoms with van der Waals surface area (Å²) in [6.45, 7) is 6.39. The predicted octanol–water partition coefficient (Wildman–Crippen LogP) is 3.82. The van der Waals surface area contributed by atoms with E-state index in [1.807, 2.05) is 0 Å². The van der Waals surface area contributed by atoms with Crippen molar-refractivity contribution in [2.45, 2.75) is 64.7 Å². The largest absolute Gasteiger partial charge is 0.353 e. The van der Waals surface area contributed by atoms with Crippen LogP contribution >= 0.6 is 0 Å². The molecule has 2 nitrogen and oxygen atoms in total. The first-order valence-corrected chi connectivity index (χ1v) is 6.68. The first-order valence-electron chi connectivity index (χ1n) is 6.68. The number of carbonyl (C=O) groups is 1. The number of carbonyl (C=O) groups excluding carboxylic acids is 1. The van der Waals surface area contributed by atoms with E-state index in [4.69, 9.17) is 0 Å². The molecule has 0 spiro atoms. The molecule has 0 saturated carbocycles. The maximum Gasteiger partial charge on any atom is 0.220 e. The van der Waals surface area contributed by atoms with Crippen LogP contribution in [0.3, 0.4) is 0 Å². The molecule has 1 amide bonds. The zero-order valence-electron chi connectivity index (χ0n) is 10.8. The summed E-state index contributed by atoms with van der Waals surface area (Å²) in [7, 11) is 0. The van der Waals surface area contributed by atoms with Gasteiger partial charge in [-0.3, -0.25) is 4.79 Å². The SMILES string of the molecule is C=CCNC(=O)CCCCCCCCCC. The van der Waals surface area contributed by atoms with E-state index < -0.39 is 0 Å². The second kappa shape index (κ2) is 12.3. The van der Waals surface area contributed by atoms with Crippen LogP contribution in [0, 0.1) is 0 Å². The van der Waals surface area contributed by atoms with Crippen molar-refractivity contribution in [3.05, 3.63) is 12.7 Å². The van der Waals surface area contributed by atoms with Crippen LogP contribution in [-0.4, -0.2) is 12.5 Å². The van der Waals surface area contributed by atoms with Crippen LogP contribution in [0.1, 0.15) is 64.7 Å². The minimum Gasteiger partial charge on any atom is -0.353 e. The zero-order chi connectivity index (χ0) is 12.1. The third-order valence-electron chi connectivity index (χ3n) is 2.70. The van der Waals surface area contributed by atoms with Gasteiger partial charge in [-0.25, -0.2) is 0 Å². The Bertz CT molecular complexity index is 178. The van der Waals surface area contributed by atoms with Crippen molar-refractivity contribution in [2.24, 2.45) is 0 Å². The summed E-state index contributed by atoms with van der Waals surface area (Å²) >= 11 is 0. The van der Waals surface area contributed by atoms with Crippen LogP contribution in [0.4, 0.5) is 0 Å². The van der Waals surface area contributed by atoms with Crippen LogP contribution in [-0.2, 0) is 4.79 Å². The maximum absolute atomic E-state index is 11.2. The van der Waals surface area contributed by atoms with E-state index in [9.17, 15) is 4.79 Å². The van der Waals surface area contributed by atoms with Gasteiger partial charge in [0, 0.05) is 13.0 Å². The van der Waals surface area contributed by atoms with E-state index in [0.717, 1.165) is 6.42 Å². The third kappa shape index (κ3) is 11.3. The van der Waals surface area contributed by atoms with Gasteiger partial charge in [0.2, 0.25) is 5.91 Å². The van der Waals surface area contributed by atoms with Gasteiger partial charge in [-0.2, -0.15) is 0 Å². The molecule has 1 N–H and O–H groups in total. The third-order valence-corrected chi connectivity index (χ3v) is 2.70. The van der Waals surface area contributed by atoms with E-state index in [2.05, 4.69) is 18.8 Å². The standard InChI is InChI=1S/C14H27NO/c1-3-5-6-7-8-9-10-11-12-14(16)15-13-4-2/h4H,2-3,5-13H2,1H3,(H,15,16). The minimum absolute atomic E-state index is 0.158. The van der Waals surface area contributed by atoms with Gasteiger partial charge < -0.3 is 5.32 Å². The molecule has 0 aliphatic rings. The average Bonchev–Trinajstić information content (AvgIpc) is 2.30. The molecule has 0 unspecified atom stereocenters. The molecule has 0 aromatic carbocycles. The molecule has 0 aromatic rings. The lowest BCUT2D eigenvalue weighted by Gasteiger charge is -2.02. The number of hydrogen-bond acceptors (Lipinski definition) is 1. The molecular weight excluding hydrogens is 198 g/mol. The van der Waals surface area contributed by atoms with Crippen LogP contribution in [0.5, 0.6) is 0 Å². The molecule has 2 heteroatoms. The van der Waals surface area contributed by atoms with Crippen molar-refractivity contribution < 1.29 is 4.79 Å². The highest BCUT2D eigenvalue weighted by molar-refractivity contribution is 5.75. The normalized spacial score (nSPS) is 10.1. The molecule has 0 rings (SSSR count). The Labute approximate surface area is 101 Å². The second-order valence-corrected chi connectivity index (χ2v) is 4.32. The van der Waals surface area contributed by atoms with E-state index in [-0.39, 0.29) is 5.91 Å². The second-order valence-electron chi connectivity index (χ2n) is 4.32. The molecule has 0 bridgehead atoms. The van der Waals surface area contributed by atoms with Crippen LogP contribution < -0.4 is 5.32 Å². The molecular formula is C14H27NO.